The largest absolute Gasteiger partial charge is 0.335 e. The third-order valence-corrected chi connectivity index (χ3v) is 5.06. The van der Waals surface area contributed by atoms with E-state index in [1.165, 1.54) is 4.31 Å². The molecule has 0 spiro atoms. The number of carbonyl (C=O) groups is 1. The minimum atomic E-state index is -3.65. The van der Waals surface area contributed by atoms with Crippen LogP contribution in [0.5, 0.6) is 0 Å². The average Bonchev–Trinajstić information content (AvgIpc) is 2.82. The van der Waals surface area contributed by atoms with Gasteiger partial charge < -0.3 is 5.32 Å². The Hall–Kier alpha value is -0.820. The quantitative estimate of drug-likeness (QED) is 0.805. The first kappa shape index (κ1) is 13.6. The summed E-state index contributed by atoms with van der Waals surface area (Å²) in [4.78, 5) is 11.6. The van der Waals surface area contributed by atoms with E-state index in [-0.39, 0.29) is 6.04 Å². The fraction of sp³-hybridized carbons (Fsp3) is 0.909. The molecule has 0 aromatic heterocycles. The highest BCUT2D eigenvalue weighted by atomic mass is 32.2. The number of nitrogens with zero attached hydrogens (tertiary/aromatic N) is 1. The summed E-state index contributed by atoms with van der Waals surface area (Å²) in [6.07, 6.45) is 6.87. The molecule has 1 saturated carbocycles. The van der Waals surface area contributed by atoms with Gasteiger partial charge in [-0.25, -0.2) is 9.52 Å². The Morgan fingerprint density at radius 3 is 2.22 bits per heavy atom. The highest BCUT2D eigenvalue weighted by molar-refractivity contribution is 7.87. The molecule has 0 bridgehead atoms. The number of carbonyl (C=O) groups excluding carboxylic acids is 1. The van der Waals surface area contributed by atoms with Crippen LogP contribution in [0.3, 0.4) is 0 Å². The Kier molecular flexibility index (Phi) is 4.45. The van der Waals surface area contributed by atoms with Crippen molar-refractivity contribution in [2.45, 2.75) is 51.0 Å². The summed E-state index contributed by atoms with van der Waals surface area (Å²) in [5.74, 6) is 0. The number of rotatable bonds is 3. The molecule has 104 valence electrons. The Balaban J connectivity index is 1.84. The summed E-state index contributed by atoms with van der Waals surface area (Å²) in [5, 5.41) is 2.72. The van der Waals surface area contributed by atoms with Crippen molar-refractivity contribution in [2.24, 2.45) is 0 Å². The third kappa shape index (κ3) is 3.58. The van der Waals surface area contributed by atoms with Gasteiger partial charge in [0.15, 0.2) is 0 Å². The number of nitrogens with one attached hydrogen (secondary N) is 2. The van der Waals surface area contributed by atoms with Gasteiger partial charge in [0.25, 0.3) is 0 Å². The molecule has 2 aliphatic rings. The first-order chi connectivity index (χ1) is 8.58. The van der Waals surface area contributed by atoms with E-state index >= 15 is 0 Å². The van der Waals surface area contributed by atoms with Gasteiger partial charge in [-0.3, -0.25) is 0 Å². The molecule has 7 heteroatoms. The summed E-state index contributed by atoms with van der Waals surface area (Å²) in [7, 11) is -3.65. The van der Waals surface area contributed by atoms with Crippen molar-refractivity contribution in [3.05, 3.63) is 0 Å². The maximum atomic E-state index is 11.9. The lowest BCUT2D eigenvalue weighted by Crippen LogP contribution is -2.50. The zero-order valence-corrected chi connectivity index (χ0v) is 11.3. The van der Waals surface area contributed by atoms with Crippen LogP contribution in [0.2, 0.25) is 0 Å². The van der Waals surface area contributed by atoms with Crippen molar-refractivity contribution in [2.75, 3.05) is 13.1 Å². The van der Waals surface area contributed by atoms with Crippen LogP contribution in [0, 0.1) is 0 Å². The predicted molar refractivity (Wildman–Crippen MR) is 68.3 cm³/mol. The van der Waals surface area contributed by atoms with Gasteiger partial charge >= 0.3 is 16.2 Å². The lowest BCUT2D eigenvalue weighted by atomic mass is 10.2. The van der Waals surface area contributed by atoms with Gasteiger partial charge in [-0.05, 0) is 25.7 Å². The summed E-state index contributed by atoms with van der Waals surface area (Å²) in [5.41, 5.74) is 0. The molecule has 1 aliphatic heterocycles. The van der Waals surface area contributed by atoms with Gasteiger partial charge in [-0.15, -0.1) is 0 Å². The highest BCUT2D eigenvalue weighted by Crippen LogP contribution is 2.17. The third-order valence-electron chi connectivity index (χ3n) is 3.57. The first-order valence-electron chi connectivity index (χ1n) is 6.66. The predicted octanol–water partition coefficient (Wildman–Crippen LogP) is 0.959. The molecular weight excluding hydrogens is 254 g/mol. The van der Waals surface area contributed by atoms with Crippen LogP contribution in [0.1, 0.15) is 44.9 Å². The summed E-state index contributed by atoms with van der Waals surface area (Å²) >= 11 is 0. The van der Waals surface area contributed by atoms with Gasteiger partial charge in [0, 0.05) is 19.1 Å². The molecule has 0 aromatic carbocycles. The monoisotopic (exact) mass is 275 g/mol. The lowest BCUT2D eigenvalue weighted by molar-refractivity contribution is 0.241. The number of urea groups is 1. The van der Waals surface area contributed by atoms with Crippen LogP contribution in [-0.4, -0.2) is 37.9 Å². The molecule has 2 N–H and O–H groups in total. The molecular formula is C11H21N3O3S. The van der Waals surface area contributed by atoms with Gasteiger partial charge in [-0.1, -0.05) is 19.3 Å². The molecule has 2 fully saturated rings. The normalized spacial score (nSPS) is 22.9. The lowest BCUT2D eigenvalue weighted by Gasteiger charge is -2.26. The van der Waals surface area contributed by atoms with Gasteiger partial charge in [-0.2, -0.15) is 12.7 Å². The van der Waals surface area contributed by atoms with Crippen molar-refractivity contribution >= 4 is 16.2 Å². The second kappa shape index (κ2) is 5.88. The average molecular weight is 275 g/mol. The molecule has 0 aromatic rings. The van der Waals surface area contributed by atoms with Crippen LogP contribution in [0.15, 0.2) is 0 Å². The van der Waals surface area contributed by atoms with Gasteiger partial charge in [0.05, 0.1) is 0 Å². The van der Waals surface area contributed by atoms with E-state index in [0.29, 0.717) is 13.1 Å². The number of piperidine rings is 1. The molecule has 6 nitrogen and oxygen atoms in total. The van der Waals surface area contributed by atoms with Crippen molar-refractivity contribution in [3.8, 4) is 0 Å². The number of hydrogen-bond donors (Lipinski definition) is 2. The number of amides is 2. The number of hydrogen-bond acceptors (Lipinski definition) is 3. The van der Waals surface area contributed by atoms with E-state index in [0.717, 1.165) is 44.9 Å². The van der Waals surface area contributed by atoms with Crippen molar-refractivity contribution in [1.82, 2.24) is 14.3 Å². The van der Waals surface area contributed by atoms with Crippen molar-refractivity contribution in [3.63, 3.8) is 0 Å². The second-order valence-electron chi connectivity index (χ2n) is 5.02. The molecule has 1 aliphatic carbocycles. The fourth-order valence-corrected chi connectivity index (χ4v) is 3.73. The van der Waals surface area contributed by atoms with Crippen LogP contribution in [0.25, 0.3) is 0 Å². The molecule has 1 heterocycles. The van der Waals surface area contributed by atoms with E-state index in [1.54, 1.807) is 0 Å². The molecule has 0 radical (unpaired) electrons. The minimum absolute atomic E-state index is 0.126. The van der Waals surface area contributed by atoms with E-state index in [1.807, 2.05) is 0 Å². The van der Waals surface area contributed by atoms with Crippen molar-refractivity contribution < 1.29 is 13.2 Å². The maximum Gasteiger partial charge on any atom is 0.329 e. The van der Waals surface area contributed by atoms with Gasteiger partial charge in [0.2, 0.25) is 0 Å². The van der Waals surface area contributed by atoms with E-state index in [4.69, 9.17) is 0 Å². The summed E-state index contributed by atoms with van der Waals surface area (Å²) in [6, 6.07) is -0.464. The maximum absolute atomic E-state index is 11.9. The molecule has 0 unspecified atom stereocenters. The zero-order valence-electron chi connectivity index (χ0n) is 10.5. The Morgan fingerprint density at radius 2 is 1.61 bits per heavy atom. The SMILES string of the molecule is O=C(NC1CCCC1)NS(=O)(=O)N1CCCCC1. The Morgan fingerprint density at radius 1 is 1.00 bits per heavy atom. The Labute approximate surface area is 108 Å². The van der Waals surface area contributed by atoms with Crippen LogP contribution in [-0.2, 0) is 10.2 Å². The molecule has 1 saturated heterocycles. The highest BCUT2D eigenvalue weighted by Gasteiger charge is 2.26. The summed E-state index contributed by atoms with van der Waals surface area (Å²) in [6.45, 7) is 1.01. The zero-order chi connectivity index (χ0) is 13.0. The van der Waals surface area contributed by atoms with Crippen molar-refractivity contribution in [1.29, 1.82) is 0 Å². The van der Waals surface area contributed by atoms with E-state index in [9.17, 15) is 13.2 Å². The Bertz CT molecular complexity index is 384. The van der Waals surface area contributed by atoms with E-state index < -0.39 is 16.2 Å². The van der Waals surface area contributed by atoms with Crippen LogP contribution < -0.4 is 10.0 Å². The summed E-state index contributed by atoms with van der Waals surface area (Å²) < 4.78 is 27.3. The molecule has 18 heavy (non-hydrogen) atoms. The molecule has 2 amide bonds. The van der Waals surface area contributed by atoms with Crippen LogP contribution >= 0.6 is 0 Å². The minimum Gasteiger partial charge on any atom is -0.335 e. The molecule has 2 rings (SSSR count). The topological polar surface area (TPSA) is 78.5 Å². The first-order valence-corrected chi connectivity index (χ1v) is 8.10. The fourth-order valence-electron chi connectivity index (χ4n) is 2.57. The molecule has 0 atom stereocenters. The van der Waals surface area contributed by atoms with Gasteiger partial charge in [0.1, 0.15) is 0 Å². The smallest absolute Gasteiger partial charge is 0.329 e. The van der Waals surface area contributed by atoms with Crippen LogP contribution in [0.4, 0.5) is 4.79 Å². The second-order valence-corrected chi connectivity index (χ2v) is 6.69. The van der Waals surface area contributed by atoms with E-state index in [2.05, 4.69) is 10.0 Å². The standard InChI is InChI=1S/C11H21N3O3S/c15-11(12-10-6-2-3-7-10)13-18(16,17)14-8-4-1-5-9-14/h10H,1-9H2,(H2,12,13,15).